The number of aromatic nitrogens is 1. The van der Waals surface area contributed by atoms with E-state index in [1.165, 1.54) is 30.5 Å². The molecule has 0 aliphatic heterocycles. The summed E-state index contributed by atoms with van der Waals surface area (Å²) in [5.74, 6) is -9.58. The van der Waals surface area contributed by atoms with Crippen LogP contribution in [0.2, 0.25) is 0 Å². The summed E-state index contributed by atoms with van der Waals surface area (Å²) in [6.45, 7) is -3.85. The molecule has 16 heteroatoms. The number of rotatable bonds is 6. The van der Waals surface area contributed by atoms with Crippen LogP contribution in [-0.2, 0) is 5.67 Å². The molecule has 200 valence electrons. The smallest absolute Gasteiger partial charge is 0.433 e. The molecule has 4 nitrogen and oxygen atoms in total. The van der Waals surface area contributed by atoms with Crippen LogP contribution in [0.15, 0.2) is 48.7 Å². The van der Waals surface area contributed by atoms with Crippen LogP contribution in [0.1, 0.15) is 15.9 Å². The second-order valence-corrected chi connectivity index (χ2v) is 8.47. The van der Waals surface area contributed by atoms with Crippen LogP contribution in [-0.4, -0.2) is 35.8 Å². The van der Waals surface area contributed by atoms with E-state index in [1.54, 1.807) is 6.07 Å². The van der Waals surface area contributed by atoms with Gasteiger partial charge in [0.05, 0.1) is 11.2 Å². The molecule has 1 unspecified atom stereocenters. The monoisotopic (exact) mass is 658 g/mol. The van der Waals surface area contributed by atoms with Crippen molar-refractivity contribution in [2.45, 2.75) is 30.6 Å². The first-order valence-electron chi connectivity index (χ1n) is 9.55. The zero-order valence-electron chi connectivity index (χ0n) is 17.5. The minimum atomic E-state index is -7.03. The predicted molar refractivity (Wildman–Crippen MR) is 115 cm³/mol. The SMILES string of the molecule is O=C(Nc1c(I)cc(C(F)(C(F)(F)F)C(F)(F)C(F)(F)F)cc1OC(F)F)c1ccc2ncccc2c1. The van der Waals surface area contributed by atoms with Crippen LogP contribution >= 0.6 is 22.6 Å². The number of carbonyl (C=O) groups excluding carboxylic acids is 1. The summed E-state index contributed by atoms with van der Waals surface area (Å²) in [4.78, 5) is 16.7. The minimum absolute atomic E-state index is 0.0913. The Balaban J connectivity index is 2.15. The Morgan fingerprint density at radius 2 is 1.57 bits per heavy atom. The summed E-state index contributed by atoms with van der Waals surface area (Å²) in [6.07, 6.45) is -12.4. The number of amides is 1. The maximum absolute atomic E-state index is 14.9. The third-order valence-electron chi connectivity index (χ3n) is 4.95. The molecule has 1 aromatic heterocycles. The molecule has 0 saturated heterocycles. The Morgan fingerprint density at radius 1 is 0.919 bits per heavy atom. The molecule has 0 bridgehead atoms. The van der Waals surface area contributed by atoms with Gasteiger partial charge < -0.3 is 10.1 Å². The fourth-order valence-electron chi connectivity index (χ4n) is 3.21. The van der Waals surface area contributed by atoms with E-state index in [4.69, 9.17) is 0 Å². The van der Waals surface area contributed by atoms with Gasteiger partial charge in [-0.3, -0.25) is 9.78 Å². The van der Waals surface area contributed by atoms with Crippen LogP contribution in [0.4, 0.5) is 54.0 Å². The van der Waals surface area contributed by atoms with Gasteiger partial charge in [0.25, 0.3) is 5.91 Å². The van der Waals surface area contributed by atoms with Crippen molar-refractivity contribution in [3.8, 4) is 5.75 Å². The van der Waals surface area contributed by atoms with Gasteiger partial charge in [0.15, 0.2) is 5.75 Å². The van der Waals surface area contributed by atoms with E-state index in [-0.39, 0.29) is 11.6 Å². The summed E-state index contributed by atoms with van der Waals surface area (Å²) >= 11 is 1.03. The molecule has 0 aliphatic carbocycles. The van der Waals surface area contributed by atoms with Gasteiger partial charge >= 0.3 is 30.6 Å². The molecule has 0 radical (unpaired) electrons. The number of carbonyl (C=O) groups is 1. The number of hydrogen-bond acceptors (Lipinski definition) is 3. The number of ether oxygens (including phenoxy) is 1. The molecular formula is C21H10F11IN2O2. The molecule has 37 heavy (non-hydrogen) atoms. The Bertz CT molecular complexity index is 1330. The largest absolute Gasteiger partial charge is 0.457 e. The first kappa shape index (κ1) is 28.6. The number of benzene rings is 2. The van der Waals surface area contributed by atoms with Crippen molar-refractivity contribution >= 4 is 45.1 Å². The number of fused-ring (bicyclic) bond motifs is 1. The standard InChI is InChI=1S/C21H10F11IN2O2/c22-17(23)37-14-8-11(18(24,20(27,28)29)19(25,26)21(30,31)32)7-12(33)15(14)35-16(36)10-3-4-13-9(6-10)2-1-5-34-13/h1-8,17H,(H,35,36). The average molecular weight is 658 g/mol. The van der Waals surface area contributed by atoms with Gasteiger partial charge in [0.1, 0.15) is 0 Å². The van der Waals surface area contributed by atoms with E-state index in [1.807, 2.05) is 5.32 Å². The van der Waals surface area contributed by atoms with Gasteiger partial charge in [-0.1, -0.05) is 6.07 Å². The van der Waals surface area contributed by atoms with Gasteiger partial charge in [-0.2, -0.15) is 43.9 Å². The molecule has 1 amide bonds. The van der Waals surface area contributed by atoms with E-state index in [0.717, 1.165) is 22.6 Å². The molecule has 3 rings (SSSR count). The lowest BCUT2D eigenvalue weighted by Crippen LogP contribution is -2.59. The Hall–Kier alpha value is -2.92. The molecule has 1 N–H and O–H groups in total. The highest BCUT2D eigenvalue weighted by Crippen LogP contribution is 2.59. The lowest BCUT2D eigenvalue weighted by Gasteiger charge is -2.36. The highest BCUT2D eigenvalue weighted by molar-refractivity contribution is 14.1. The number of alkyl halides is 11. The van der Waals surface area contributed by atoms with Gasteiger partial charge in [0, 0.05) is 26.3 Å². The third kappa shape index (κ3) is 5.24. The Kier molecular flexibility index (Phi) is 7.55. The number of hydrogen-bond donors (Lipinski definition) is 1. The van der Waals surface area contributed by atoms with Gasteiger partial charge in [-0.05, 0) is 59.0 Å². The van der Waals surface area contributed by atoms with Gasteiger partial charge in [0.2, 0.25) is 0 Å². The quantitative estimate of drug-likeness (QED) is 0.219. The van der Waals surface area contributed by atoms with E-state index < -0.39 is 63.1 Å². The third-order valence-corrected chi connectivity index (χ3v) is 5.80. The molecule has 1 heterocycles. The number of halogens is 12. The van der Waals surface area contributed by atoms with Gasteiger partial charge in [-0.15, -0.1) is 0 Å². The molecule has 0 aliphatic rings. The fourth-order valence-corrected chi connectivity index (χ4v) is 3.95. The highest BCUT2D eigenvalue weighted by atomic mass is 127. The molecule has 3 aromatic rings. The summed E-state index contributed by atoms with van der Waals surface area (Å²) in [7, 11) is 0. The van der Waals surface area contributed by atoms with Crippen LogP contribution in [0, 0.1) is 3.57 Å². The minimum Gasteiger partial charge on any atom is -0.433 e. The first-order valence-corrected chi connectivity index (χ1v) is 10.6. The van der Waals surface area contributed by atoms with Crippen LogP contribution in [0.3, 0.4) is 0 Å². The van der Waals surface area contributed by atoms with Crippen molar-refractivity contribution in [1.29, 1.82) is 0 Å². The summed E-state index contributed by atoms with van der Waals surface area (Å²) < 4.78 is 150. The molecular weight excluding hydrogens is 648 g/mol. The van der Waals surface area contributed by atoms with Crippen LogP contribution in [0.5, 0.6) is 5.75 Å². The summed E-state index contributed by atoms with van der Waals surface area (Å²) in [5, 5.41) is 2.46. The van der Waals surface area contributed by atoms with Gasteiger partial charge in [-0.25, -0.2) is 4.39 Å². The number of nitrogens with one attached hydrogen (secondary N) is 1. The van der Waals surface area contributed by atoms with E-state index in [2.05, 4.69) is 9.72 Å². The second kappa shape index (κ2) is 9.75. The zero-order valence-corrected chi connectivity index (χ0v) is 19.7. The van der Waals surface area contributed by atoms with Crippen molar-refractivity contribution in [2.75, 3.05) is 5.32 Å². The lowest BCUT2D eigenvalue weighted by molar-refractivity contribution is -0.389. The topological polar surface area (TPSA) is 51.2 Å². The van der Waals surface area contributed by atoms with Crippen LogP contribution in [0.25, 0.3) is 10.9 Å². The van der Waals surface area contributed by atoms with Crippen LogP contribution < -0.4 is 10.1 Å². The highest BCUT2D eigenvalue weighted by Gasteiger charge is 2.81. The van der Waals surface area contributed by atoms with Crippen molar-refractivity contribution in [1.82, 2.24) is 4.98 Å². The molecule has 0 fully saturated rings. The first-order chi connectivity index (χ1) is 16.9. The van der Waals surface area contributed by atoms with Crippen molar-refractivity contribution in [3.05, 3.63) is 63.4 Å². The lowest BCUT2D eigenvalue weighted by atomic mass is 9.87. The zero-order chi connectivity index (χ0) is 28.0. The summed E-state index contributed by atoms with van der Waals surface area (Å²) in [5.41, 5.74) is -9.27. The van der Waals surface area contributed by atoms with Crippen molar-refractivity contribution in [3.63, 3.8) is 0 Å². The Morgan fingerprint density at radius 3 is 2.14 bits per heavy atom. The number of pyridine rings is 1. The van der Waals surface area contributed by atoms with E-state index in [9.17, 15) is 53.1 Å². The molecule has 1 atom stereocenters. The van der Waals surface area contributed by atoms with Crippen molar-refractivity contribution in [2.24, 2.45) is 0 Å². The number of nitrogens with zero attached hydrogens (tertiary/aromatic N) is 1. The number of anilines is 1. The Labute approximate surface area is 212 Å². The molecule has 2 aromatic carbocycles. The molecule has 0 saturated carbocycles. The van der Waals surface area contributed by atoms with E-state index >= 15 is 0 Å². The maximum Gasteiger partial charge on any atom is 0.457 e. The second-order valence-electron chi connectivity index (χ2n) is 7.30. The van der Waals surface area contributed by atoms with E-state index in [0.29, 0.717) is 10.9 Å². The fraction of sp³-hybridized carbons (Fsp3) is 0.238. The average Bonchev–Trinajstić information content (AvgIpc) is 2.78. The molecule has 0 spiro atoms. The predicted octanol–water partition coefficient (Wildman–Crippen LogP) is 7.62. The maximum atomic E-state index is 14.9. The summed E-state index contributed by atoms with van der Waals surface area (Å²) in [6, 6.07) is 6.53. The normalized spacial score (nSPS) is 14.5. The van der Waals surface area contributed by atoms with Crippen molar-refractivity contribution < 1.29 is 57.8 Å².